The zero-order valence-corrected chi connectivity index (χ0v) is 16.7. The summed E-state index contributed by atoms with van der Waals surface area (Å²) in [4.78, 5) is 4.92. The summed E-state index contributed by atoms with van der Waals surface area (Å²) in [5.41, 5.74) is 9.20. The Bertz CT molecular complexity index is 888. The zero-order chi connectivity index (χ0) is 19.3. The summed E-state index contributed by atoms with van der Waals surface area (Å²) in [6, 6.07) is 8.67. The normalized spacial score (nSPS) is 24.8. The van der Waals surface area contributed by atoms with E-state index >= 15 is 0 Å². The van der Waals surface area contributed by atoms with Gasteiger partial charge in [0.05, 0.1) is 13.2 Å². The summed E-state index contributed by atoms with van der Waals surface area (Å²) in [5, 5.41) is 3.62. The van der Waals surface area contributed by atoms with Crippen molar-refractivity contribution in [3.8, 4) is 0 Å². The van der Waals surface area contributed by atoms with Gasteiger partial charge in [0.15, 0.2) is 5.76 Å². The molecule has 1 aromatic carbocycles. The van der Waals surface area contributed by atoms with E-state index < -0.39 is 0 Å². The highest BCUT2D eigenvalue weighted by molar-refractivity contribution is 5.90. The third-order valence-corrected chi connectivity index (χ3v) is 5.81. The number of aliphatic imine (C=N–C) groups is 1. The Morgan fingerprint density at radius 2 is 2.00 bits per heavy atom. The lowest BCUT2D eigenvalue weighted by atomic mass is 9.94. The van der Waals surface area contributed by atoms with Crippen LogP contribution < -0.4 is 5.32 Å². The highest BCUT2D eigenvalue weighted by Crippen LogP contribution is 2.31. The van der Waals surface area contributed by atoms with Crippen LogP contribution in [0.15, 0.2) is 58.1 Å². The van der Waals surface area contributed by atoms with Crippen LogP contribution in [0.5, 0.6) is 0 Å². The predicted octanol–water partition coefficient (Wildman–Crippen LogP) is 4.50. The number of nitrogens with zero attached hydrogens (tertiary/aromatic N) is 1. The second-order valence-electron chi connectivity index (χ2n) is 7.53. The summed E-state index contributed by atoms with van der Waals surface area (Å²) in [7, 11) is 3.52. The third-order valence-electron chi connectivity index (χ3n) is 5.81. The molecule has 2 aliphatic heterocycles. The molecule has 28 heavy (non-hydrogen) atoms. The van der Waals surface area contributed by atoms with Gasteiger partial charge in [0, 0.05) is 30.6 Å². The Kier molecular flexibility index (Phi) is 5.92. The minimum Gasteiger partial charge on any atom is -0.489 e. The van der Waals surface area contributed by atoms with Gasteiger partial charge in [-0.2, -0.15) is 0 Å². The zero-order valence-electron chi connectivity index (χ0n) is 16.7. The number of benzene rings is 1. The van der Waals surface area contributed by atoms with Crippen molar-refractivity contribution < 1.29 is 9.47 Å². The van der Waals surface area contributed by atoms with Crippen LogP contribution in [0.2, 0.25) is 0 Å². The van der Waals surface area contributed by atoms with E-state index in [1.807, 2.05) is 25.5 Å². The van der Waals surface area contributed by atoms with E-state index in [0.717, 1.165) is 55.5 Å². The molecule has 1 unspecified atom stereocenters. The molecule has 4 heteroatoms. The Morgan fingerprint density at radius 1 is 1.14 bits per heavy atom. The number of methoxy groups -OCH3 is 2. The van der Waals surface area contributed by atoms with Crippen molar-refractivity contribution in [3.63, 3.8) is 0 Å². The summed E-state index contributed by atoms with van der Waals surface area (Å²) in [5.74, 6) is 0.774. The van der Waals surface area contributed by atoms with Crippen LogP contribution in [0, 0.1) is 0 Å². The lowest BCUT2D eigenvalue weighted by Crippen LogP contribution is -2.45. The molecular formula is C24H28N2O2. The molecule has 1 aliphatic carbocycles. The Hall–Kier alpha value is -2.39. The van der Waals surface area contributed by atoms with E-state index in [1.54, 1.807) is 7.11 Å². The van der Waals surface area contributed by atoms with Crippen molar-refractivity contribution >= 4 is 17.9 Å². The van der Waals surface area contributed by atoms with Crippen molar-refractivity contribution in [2.75, 3.05) is 20.8 Å². The number of fused-ring (bicyclic) bond motifs is 1. The molecule has 0 radical (unpaired) electrons. The number of ether oxygens (including phenoxy) is 2. The number of rotatable bonds is 4. The fraction of sp³-hybridized carbons (Fsp3) is 0.417. The molecule has 1 saturated heterocycles. The van der Waals surface area contributed by atoms with Crippen molar-refractivity contribution in [1.82, 2.24) is 5.32 Å². The topological polar surface area (TPSA) is 42.9 Å². The van der Waals surface area contributed by atoms with E-state index in [2.05, 4.69) is 35.3 Å². The second kappa shape index (κ2) is 8.74. The minimum atomic E-state index is 0.315. The maximum atomic E-state index is 5.67. The van der Waals surface area contributed by atoms with Crippen molar-refractivity contribution in [2.24, 2.45) is 4.99 Å². The summed E-state index contributed by atoms with van der Waals surface area (Å²) in [6.45, 7) is 0.988. The van der Waals surface area contributed by atoms with Gasteiger partial charge in [-0.05, 0) is 67.5 Å². The average Bonchev–Trinajstić information content (AvgIpc) is 3.10. The Labute approximate surface area is 167 Å². The molecule has 1 aromatic rings. The van der Waals surface area contributed by atoms with Crippen LogP contribution in [0.1, 0.15) is 43.2 Å². The first-order valence-electron chi connectivity index (χ1n) is 10.1. The van der Waals surface area contributed by atoms with Gasteiger partial charge in [0.25, 0.3) is 0 Å². The van der Waals surface area contributed by atoms with Gasteiger partial charge in [-0.1, -0.05) is 30.0 Å². The number of hydrogen-bond acceptors (Lipinski definition) is 4. The molecular weight excluding hydrogens is 348 g/mol. The minimum absolute atomic E-state index is 0.315. The fourth-order valence-electron chi connectivity index (χ4n) is 4.19. The molecule has 1 fully saturated rings. The van der Waals surface area contributed by atoms with Gasteiger partial charge >= 0.3 is 0 Å². The maximum absolute atomic E-state index is 5.67. The van der Waals surface area contributed by atoms with Crippen LogP contribution in [0.3, 0.4) is 0 Å². The first-order valence-corrected chi connectivity index (χ1v) is 10.1. The van der Waals surface area contributed by atoms with E-state index in [-0.39, 0.29) is 0 Å². The largest absolute Gasteiger partial charge is 0.489 e. The predicted molar refractivity (Wildman–Crippen MR) is 114 cm³/mol. The number of piperidine rings is 1. The van der Waals surface area contributed by atoms with Gasteiger partial charge < -0.3 is 14.8 Å². The van der Waals surface area contributed by atoms with Crippen molar-refractivity contribution in [1.29, 1.82) is 0 Å². The van der Waals surface area contributed by atoms with Crippen molar-refractivity contribution in [3.05, 3.63) is 64.2 Å². The SMILES string of the molecule is COC1=C=Cc2ccccc2C=C1C1=CN=C([C@@H]2CC(OC)CCN2)CCC1. The highest BCUT2D eigenvalue weighted by atomic mass is 16.5. The monoisotopic (exact) mass is 376 g/mol. The van der Waals surface area contributed by atoms with E-state index in [1.165, 1.54) is 16.8 Å². The molecule has 2 heterocycles. The van der Waals surface area contributed by atoms with Gasteiger partial charge in [0.1, 0.15) is 0 Å². The van der Waals surface area contributed by atoms with Crippen LogP contribution in [0.25, 0.3) is 12.2 Å². The molecule has 0 aromatic heterocycles. The van der Waals surface area contributed by atoms with Crippen LogP contribution in [0.4, 0.5) is 0 Å². The smallest absolute Gasteiger partial charge is 0.169 e. The molecule has 0 saturated carbocycles. The Balaban J connectivity index is 1.65. The maximum Gasteiger partial charge on any atom is 0.169 e. The van der Waals surface area contributed by atoms with Gasteiger partial charge in [-0.25, -0.2) is 0 Å². The number of allylic oxidation sites excluding steroid dienone is 1. The molecule has 0 bridgehead atoms. The Morgan fingerprint density at radius 3 is 2.82 bits per heavy atom. The molecule has 4 nitrogen and oxygen atoms in total. The molecule has 1 N–H and O–H groups in total. The molecule has 3 aliphatic rings. The lowest BCUT2D eigenvalue weighted by Gasteiger charge is -2.30. The molecule has 146 valence electrons. The summed E-state index contributed by atoms with van der Waals surface area (Å²) >= 11 is 0. The fourth-order valence-corrected chi connectivity index (χ4v) is 4.19. The molecule has 2 atom stereocenters. The summed E-state index contributed by atoms with van der Waals surface area (Å²) in [6.07, 6.45) is 11.7. The standard InChI is InChI=1S/C24H28N2O2/c1-27-20-12-13-25-23(15-20)22-9-5-8-19(16-26-22)21-14-18-7-4-3-6-17(18)10-11-24(21)28-2/h3-4,6-7,10,14,16,20,23,25H,5,8-9,12-13,15H2,1-2H3/t20?,23-/m0/s1. The molecule has 4 rings (SSSR count). The van der Waals surface area contributed by atoms with Gasteiger partial charge in [-0.3, -0.25) is 4.99 Å². The molecule has 0 spiro atoms. The van der Waals surface area contributed by atoms with Crippen molar-refractivity contribution in [2.45, 2.75) is 44.2 Å². The van der Waals surface area contributed by atoms with Gasteiger partial charge in [0.2, 0.25) is 0 Å². The van der Waals surface area contributed by atoms with E-state index in [0.29, 0.717) is 12.1 Å². The summed E-state index contributed by atoms with van der Waals surface area (Å²) < 4.78 is 11.3. The van der Waals surface area contributed by atoms with E-state index in [4.69, 9.17) is 14.5 Å². The highest BCUT2D eigenvalue weighted by Gasteiger charge is 2.26. The second-order valence-corrected chi connectivity index (χ2v) is 7.53. The quantitative estimate of drug-likeness (QED) is 0.787. The lowest BCUT2D eigenvalue weighted by molar-refractivity contribution is 0.0701. The van der Waals surface area contributed by atoms with Crippen LogP contribution >= 0.6 is 0 Å². The van der Waals surface area contributed by atoms with Crippen LogP contribution in [-0.4, -0.2) is 38.6 Å². The first-order chi connectivity index (χ1) is 13.8. The first kappa shape index (κ1) is 18.9. The van der Waals surface area contributed by atoms with Gasteiger partial charge in [-0.15, -0.1) is 0 Å². The number of nitrogens with one attached hydrogen (secondary N) is 1. The average molecular weight is 377 g/mol. The molecule has 0 amide bonds. The van der Waals surface area contributed by atoms with Crippen LogP contribution in [-0.2, 0) is 9.47 Å². The third kappa shape index (κ3) is 4.05. The number of hydrogen-bond donors (Lipinski definition) is 1. The van der Waals surface area contributed by atoms with E-state index in [9.17, 15) is 0 Å².